The van der Waals surface area contributed by atoms with Crippen molar-refractivity contribution in [3.05, 3.63) is 53.6 Å². The van der Waals surface area contributed by atoms with Crippen LogP contribution < -0.4 is 4.90 Å². The normalized spacial score (nSPS) is 32.0. The molecule has 0 spiro atoms. The van der Waals surface area contributed by atoms with E-state index in [1.165, 1.54) is 0 Å². The van der Waals surface area contributed by atoms with E-state index in [4.69, 9.17) is 67.3 Å². The first-order valence-corrected chi connectivity index (χ1v) is 25.8. The van der Waals surface area contributed by atoms with E-state index in [0.29, 0.717) is 88.0 Å². The molecule has 61 heavy (non-hydrogen) atoms. The molecule has 0 bridgehead atoms. The maximum Gasteiger partial charge on any atom is 0.346 e. The van der Waals surface area contributed by atoms with Gasteiger partial charge in [0.25, 0.3) is 0 Å². The number of rotatable bonds is 19. The van der Waals surface area contributed by atoms with Crippen molar-refractivity contribution in [1.29, 1.82) is 0 Å². The van der Waals surface area contributed by atoms with Gasteiger partial charge in [-0.2, -0.15) is 0 Å². The third-order valence-corrected chi connectivity index (χ3v) is 17.5. The molecule has 1 heterocycles. The number of aliphatic hydroxyl groups excluding tert-OH is 1. The number of aryl methyl sites for hydroxylation is 1. The molecule has 0 radical (unpaired) electrons. The second-order valence-corrected chi connectivity index (χ2v) is 21.5. The number of benzene rings is 1. The van der Waals surface area contributed by atoms with Crippen LogP contribution in [0, 0.1) is 28.6 Å². The van der Waals surface area contributed by atoms with Crippen molar-refractivity contribution in [2.24, 2.45) is 28.6 Å². The van der Waals surface area contributed by atoms with Gasteiger partial charge in [-0.1, -0.05) is 37.6 Å². The molecule has 0 aromatic heterocycles. The summed E-state index contributed by atoms with van der Waals surface area (Å²) in [5.74, 6) is 1.40. The van der Waals surface area contributed by atoms with Gasteiger partial charge in [0, 0.05) is 97.5 Å². The van der Waals surface area contributed by atoms with E-state index in [9.17, 15) is 29.2 Å². The smallest absolute Gasteiger partial charge is 0.346 e. The number of fused-ring (bicyclic) bond motifs is 5. The highest BCUT2D eigenvalue weighted by Gasteiger charge is 2.68. The summed E-state index contributed by atoms with van der Waals surface area (Å²) < 4.78 is 27.4. The van der Waals surface area contributed by atoms with Gasteiger partial charge in [-0.15, -0.1) is 58.0 Å². The molecule has 1 aromatic carbocycles. The molecule has 4 fully saturated rings. The van der Waals surface area contributed by atoms with Crippen molar-refractivity contribution >= 4 is 88.9 Å². The first-order chi connectivity index (χ1) is 29.1. The third kappa shape index (κ3) is 11.3. The topological polar surface area (TPSA) is 137 Å². The van der Waals surface area contributed by atoms with Crippen LogP contribution in [0.2, 0.25) is 0 Å². The zero-order valence-electron chi connectivity index (χ0n) is 35.4. The molecular formula is C44H63Cl5N3O8P. The number of ether oxygens (including phenoxy) is 1. The zero-order valence-corrected chi connectivity index (χ0v) is 40.1. The van der Waals surface area contributed by atoms with E-state index >= 15 is 0 Å². The maximum absolute atomic E-state index is 13.5. The number of carbonyl (C=O) groups excluding carboxylic acids is 3. The van der Waals surface area contributed by atoms with Crippen molar-refractivity contribution in [3.8, 4) is 0 Å². The number of ketones is 2. The van der Waals surface area contributed by atoms with Gasteiger partial charge >= 0.3 is 13.6 Å². The van der Waals surface area contributed by atoms with Gasteiger partial charge in [0.05, 0.1) is 12.7 Å². The summed E-state index contributed by atoms with van der Waals surface area (Å²) in [6.07, 6.45) is 9.68. The molecular weight excluding hydrogens is 907 g/mol. The largest absolute Gasteiger partial charge is 0.458 e. The minimum atomic E-state index is -2.97. The van der Waals surface area contributed by atoms with E-state index in [1.807, 2.05) is 41.9 Å². The average molecular weight is 970 g/mol. The molecule has 0 amide bonds. The number of hydrogen-bond acceptors (Lipinski definition) is 9. The lowest BCUT2D eigenvalue weighted by atomic mass is 9.46. The van der Waals surface area contributed by atoms with Gasteiger partial charge in [0.2, 0.25) is 5.78 Å². The number of carbonyl (C=O) groups is 3. The predicted octanol–water partition coefficient (Wildman–Crippen LogP) is 8.25. The summed E-state index contributed by atoms with van der Waals surface area (Å²) in [7, 11) is -2.97. The lowest BCUT2D eigenvalue weighted by Gasteiger charge is -2.59. The molecule has 17 heteroatoms. The molecule has 11 nitrogen and oxygen atoms in total. The number of hydrogen-bond donors (Lipinski definition) is 2. The number of alkyl halides is 5. The minimum Gasteiger partial charge on any atom is -0.458 e. The number of nitrogens with zero attached hydrogens (tertiary/aromatic N) is 3. The predicted molar refractivity (Wildman–Crippen MR) is 245 cm³/mol. The highest BCUT2D eigenvalue weighted by molar-refractivity contribution is 7.54. The number of aliphatic hydroxyl groups is 2. The van der Waals surface area contributed by atoms with Crippen molar-refractivity contribution < 1.29 is 38.4 Å². The highest BCUT2D eigenvalue weighted by atomic mass is 35.5. The summed E-state index contributed by atoms with van der Waals surface area (Å²) in [6.45, 7) is 7.80. The highest BCUT2D eigenvalue weighted by Crippen LogP contribution is 2.67. The van der Waals surface area contributed by atoms with Gasteiger partial charge in [0.15, 0.2) is 12.4 Å². The fourth-order valence-electron chi connectivity index (χ4n) is 10.8. The maximum atomic E-state index is 13.5. The quantitative estimate of drug-likeness (QED) is 0.0788. The van der Waals surface area contributed by atoms with Gasteiger partial charge in [-0.25, -0.2) is 9.34 Å². The van der Waals surface area contributed by atoms with Crippen LogP contribution in [0.4, 0.5) is 5.69 Å². The van der Waals surface area contributed by atoms with Gasteiger partial charge in [0.1, 0.15) is 5.60 Å². The summed E-state index contributed by atoms with van der Waals surface area (Å²) in [5.41, 5.74) is 0.321. The molecule has 1 aliphatic heterocycles. The van der Waals surface area contributed by atoms with Crippen LogP contribution in [-0.2, 0) is 34.6 Å². The van der Waals surface area contributed by atoms with E-state index in [2.05, 4.69) is 11.8 Å². The van der Waals surface area contributed by atoms with E-state index in [0.717, 1.165) is 42.6 Å². The number of anilines is 1. The fraction of sp³-hybridized carbons (Fsp3) is 0.705. The summed E-state index contributed by atoms with van der Waals surface area (Å²) >= 11 is 29.0. The Morgan fingerprint density at radius 3 is 2.30 bits per heavy atom. The summed E-state index contributed by atoms with van der Waals surface area (Å²) in [6, 6.07) is 8.12. The second kappa shape index (κ2) is 22.8. The Morgan fingerprint density at radius 2 is 1.66 bits per heavy atom. The summed E-state index contributed by atoms with van der Waals surface area (Å²) in [5, 5.41) is 23.4. The molecule has 1 aromatic rings. The Balaban J connectivity index is 0.000000348. The lowest BCUT2D eigenvalue weighted by Crippen LogP contribution is -2.61. The molecule has 1 unspecified atom stereocenters. The van der Waals surface area contributed by atoms with Crippen molar-refractivity contribution in [2.75, 3.05) is 86.8 Å². The molecule has 342 valence electrons. The van der Waals surface area contributed by atoms with E-state index in [1.54, 1.807) is 16.8 Å². The molecule has 3 saturated carbocycles. The SMILES string of the molecule is C[C@]12C=CC(=O)C=C1CC[C@@H]1[C@@H]2[C@@H](O)C[C@@]2(C)[C@H]1CC[C@]2(O)C(=O)COC(=O)CCCc1ccc(N(CCCl)CCCl)cc1.O=P1(N(CCCl)CCCl)OCCCN1CCCl. The zero-order chi connectivity index (χ0) is 44.4. The Kier molecular flexibility index (Phi) is 19.0. The van der Waals surface area contributed by atoms with Crippen LogP contribution >= 0.6 is 65.7 Å². The van der Waals surface area contributed by atoms with E-state index < -0.39 is 48.6 Å². The molecule has 1 saturated heterocycles. The Hall–Kier alpha value is -1.21. The van der Waals surface area contributed by atoms with Crippen molar-refractivity contribution in [1.82, 2.24) is 9.34 Å². The number of esters is 1. The van der Waals surface area contributed by atoms with Crippen LogP contribution in [0.15, 0.2) is 48.1 Å². The van der Waals surface area contributed by atoms with Gasteiger partial charge in [-0.3, -0.25) is 18.9 Å². The van der Waals surface area contributed by atoms with Crippen LogP contribution in [0.25, 0.3) is 0 Å². The Labute approximate surface area is 386 Å². The number of halogens is 5. The molecule has 6 rings (SSSR count). The monoisotopic (exact) mass is 967 g/mol. The Morgan fingerprint density at radius 1 is 0.984 bits per heavy atom. The third-order valence-electron chi connectivity index (χ3n) is 13.9. The van der Waals surface area contributed by atoms with Gasteiger partial charge < -0.3 is 24.4 Å². The van der Waals surface area contributed by atoms with Crippen LogP contribution in [0.5, 0.6) is 0 Å². The summed E-state index contributed by atoms with van der Waals surface area (Å²) in [4.78, 5) is 40.3. The first-order valence-electron chi connectivity index (χ1n) is 21.6. The molecule has 4 aliphatic carbocycles. The van der Waals surface area contributed by atoms with Crippen molar-refractivity contribution in [3.63, 3.8) is 0 Å². The molecule has 5 aliphatic rings. The Bertz CT molecular complexity index is 1760. The van der Waals surface area contributed by atoms with Crippen molar-refractivity contribution in [2.45, 2.75) is 83.3 Å². The minimum absolute atomic E-state index is 0.0103. The second-order valence-electron chi connectivity index (χ2n) is 17.2. The van der Waals surface area contributed by atoms with Gasteiger partial charge in [-0.05, 0) is 93.1 Å². The molecule has 2 N–H and O–H groups in total. The lowest BCUT2D eigenvalue weighted by molar-refractivity contribution is -0.181. The number of Topliss-reactive ketones (excluding diaryl/α,β-unsaturated/α-hetero) is 1. The standard InChI is InChI=1S/C35H45Cl2NO6.C9H18Cl3N2O2P/c1-33-14-12-26(39)20-24(33)8-11-27-28-13-15-35(43,34(28,2)21-29(40)32(27)33)30(41)22-44-31(42)5-3-4-23-6-9-25(10-7-23)38(18-16-36)19-17-37;10-2-6-13-5-1-9-16-17(13,15)14(7-3-11)8-4-12/h6-7,9-10,12,14,20,27-29,32,40,43H,3-5,8,11,13,15-19,21-22H2,1-2H3;1-9H2/t27-,28-,29-,32+,33-,34-,35-;/m0./s1. The first kappa shape index (κ1) is 50.8. The van der Waals surface area contributed by atoms with Crippen LogP contribution in [0.3, 0.4) is 0 Å². The fourth-order valence-corrected chi connectivity index (χ4v) is 14.7. The van der Waals surface area contributed by atoms with Crippen LogP contribution in [-0.4, -0.2) is 131 Å². The number of allylic oxidation sites excluding steroid dienone is 4. The molecule has 8 atom stereocenters. The van der Waals surface area contributed by atoms with E-state index in [-0.39, 0.29) is 42.8 Å². The average Bonchev–Trinajstić information content (AvgIpc) is 3.51. The van der Waals surface area contributed by atoms with Crippen LogP contribution in [0.1, 0.15) is 70.8 Å².